The van der Waals surface area contributed by atoms with E-state index in [0.717, 1.165) is 25.2 Å². The summed E-state index contributed by atoms with van der Waals surface area (Å²) in [5, 5.41) is 15.1. The maximum atomic E-state index is 8.61. The fraction of sp³-hybridized carbons (Fsp3) is 0.533. The van der Waals surface area contributed by atoms with Crippen LogP contribution in [0.4, 0.5) is 0 Å². The van der Waals surface area contributed by atoms with Crippen LogP contribution in [0.25, 0.3) is 0 Å². The lowest BCUT2D eigenvalue weighted by molar-refractivity contribution is 0.260. The minimum atomic E-state index is 0.147. The number of hydrogen-bond donors (Lipinski definition) is 3. The molecule has 5 nitrogen and oxygen atoms in total. The first-order chi connectivity index (χ1) is 9.74. The van der Waals surface area contributed by atoms with Crippen molar-refractivity contribution in [3.63, 3.8) is 0 Å². The Hall–Kier alpha value is -1.59. The van der Waals surface area contributed by atoms with Crippen molar-refractivity contribution in [1.29, 1.82) is 0 Å². The molecule has 4 N–H and O–H groups in total. The summed E-state index contributed by atoms with van der Waals surface area (Å²) in [4.78, 5) is 2.54. The van der Waals surface area contributed by atoms with Gasteiger partial charge >= 0.3 is 0 Å². The number of amidine groups is 1. The van der Waals surface area contributed by atoms with Gasteiger partial charge in [-0.15, -0.1) is 0 Å². The smallest absolute Gasteiger partial charge is 0.170 e. The number of nitrogens with one attached hydrogen (secondary N) is 1. The van der Waals surface area contributed by atoms with Gasteiger partial charge < -0.3 is 16.3 Å². The van der Waals surface area contributed by atoms with Crippen LogP contribution in [-0.2, 0) is 6.54 Å². The number of nitrogens with two attached hydrogens (primary N) is 1. The summed E-state index contributed by atoms with van der Waals surface area (Å²) >= 11 is 0. The number of likely N-dealkylation sites (N-methyl/N-ethyl adjacent to an activating group) is 1. The van der Waals surface area contributed by atoms with Gasteiger partial charge in [-0.25, -0.2) is 0 Å². The molecular formula is C15H24N4O. The van der Waals surface area contributed by atoms with Crippen LogP contribution in [0.3, 0.4) is 0 Å². The van der Waals surface area contributed by atoms with E-state index in [4.69, 9.17) is 10.9 Å². The van der Waals surface area contributed by atoms with Crippen LogP contribution in [0, 0.1) is 0 Å². The first-order valence-corrected chi connectivity index (χ1v) is 7.26. The summed E-state index contributed by atoms with van der Waals surface area (Å²) in [6, 6.07) is 8.44. The molecule has 1 aromatic carbocycles. The molecule has 2 rings (SSSR count). The van der Waals surface area contributed by atoms with Crippen LogP contribution in [0.5, 0.6) is 0 Å². The molecule has 5 heteroatoms. The second-order valence-electron chi connectivity index (χ2n) is 5.24. The van der Waals surface area contributed by atoms with Crippen LogP contribution >= 0.6 is 0 Å². The third-order valence-electron chi connectivity index (χ3n) is 3.97. The van der Waals surface area contributed by atoms with Gasteiger partial charge in [-0.2, -0.15) is 0 Å². The fourth-order valence-corrected chi connectivity index (χ4v) is 2.78. The Labute approximate surface area is 120 Å². The molecule has 1 aliphatic rings. The number of nitrogens with zero attached hydrogens (tertiary/aromatic N) is 2. The number of benzene rings is 1. The van der Waals surface area contributed by atoms with Gasteiger partial charge in [0.1, 0.15) is 0 Å². The highest BCUT2D eigenvalue weighted by atomic mass is 16.4. The SMILES string of the molecule is CCN1CCCC1CNCc1ccc(C(N)=NO)cc1. The average molecular weight is 276 g/mol. The maximum Gasteiger partial charge on any atom is 0.170 e. The summed E-state index contributed by atoms with van der Waals surface area (Å²) in [5.74, 6) is 0.147. The minimum absolute atomic E-state index is 0.147. The summed E-state index contributed by atoms with van der Waals surface area (Å²) in [5.41, 5.74) is 7.49. The normalized spacial score (nSPS) is 20.4. The zero-order valence-corrected chi connectivity index (χ0v) is 12.0. The van der Waals surface area contributed by atoms with Crippen molar-refractivity contribution in [2.75, 3.05) is 19.6 Å². The van der Waals surface area contributed by atoms with Crippen molar-refractivity contribution in [3.8, 4) is 0 Å². The van der Waals surface area contributed by atoms with E-state index in [9.17, 15) is 0 Å². The van der Waals surface area contributed by atoms with Crippen LogP contribution in [0.2, 0.25) is 0 Å². The minimum Gasteiger partial charge on any atom is -0.409 e. The van der Waals surface area contributed by atoms with E-state index in [0.29, 0.717) is 6.04 Å². The molecule has 0 bridgehead atoms. The lowest BCUT2D eigenvalue weighted by Crippen LogP contribution is -2.37. The van der Waals surface area contributed by atoms with E-state index in [2.05, 4.69) is 22.3 Å². The zero-order chi connectivity index (χ0) is 14.4. The molecule has 1 unspecified atom stereocenters. The molecule has 1 aliphatic heterocycles. The molecule has 0 amide bonds. The van der Waals surface area contributed by atoms with Crippen LogP contribution in [0.1, 0.15) is 30.9 Å². The van der Waals surface area contributed by atoms with E-state index < -0.39 is 0 Å². The molecule has 1 fully saturated rings. The molecule has 110 valence electrons. The predicted molar refractivity (Wildman–Crippen MR) is 80.9 cm³/mol. The molecule has 20 heavy (non-hydrogen) atoms. The lowest BCUT2D eigenvalue weighted by Gasteiger charge is -2.23. The number of likely N-dealkylation sites (tertiary alicyclic amines) is 1. The molecule has 1 atom stereocenters. The predicted octanol–water partition coefficient (Wildman–Crippen LogP) is 1.35. The maximum absolute atomic E-state index is 8.61. The Morgan fingerprint density at radius 1 is 1.45 bits per heavy atom. The number of hydrogen-bond acceptors (Lipinski definition) is 4. The monoisotopic (exact) mass is 276 g/mol. The highest BCUT2D eigenvalue weighted by Crippen LogP contribution is 2.15. The van der Waals surface area contributed by atoms with Crippen molar-refractivity contribution in [2.45, 2.75) is 32.4 Å². The summed E-state index contributed by atoms with van der Waals surface area (Å²) in [6.45, 7) is 6.49. The Morgan fingerprint density at radius 2 is 2.20 bits per heavy atom. The van der Waals surface area contributed by atoms with Crippen molar-refractivity contribution in [2.24, 2.45) is 10.9 Å². The summed E-state index contributed by atoms with van der Waals surface area (Å²) in [7, 11) is 0. The van der Waals surface area contributed by atoms with Crippen molar-refractivity contribution < 1.29 is 5.21 Å². The number of rotatable bonds is 6. The zero-order valence-electron chi connectivity index (χ0n) is 12.0. The molecule has 1 aromatic rings. The van der Waals surface area contributed by atoms with Crippen LogP contribution < -0.4 is 11.1 Å². The lowest BCUT2D eigenvalue weighted by atomic mass is 10.1. The first kappa shape index (κ1) is 14.8. The third-order valence-corrected chi connectivity index (χ3v) is 3.97. The Balaban J connectivity index is 1.79. The molecule has 0 aromatic heterocycles. The largest absolute Gasteiger partial charge is 0.409 e. The van der Waals surface area contributed by atoms with E-state index in [1.54, 1.807) is 0 Å². The molecule has 0 saturated carbocycles. The summed E-state index contributed by atoms with van der Waals surface area (Å²) in [6.07, 6.45) is 2.61. The van der Waals surface area contributed by atoms with E-state index in [1.807, 2.05) is 24.3 Å². The molecule has 0 aliphatic carbocycles. The van der Waals surface area contributed by atoms with E-state index in [1.165, 1.54) is 24.9 Å². The van der Waals surface area contributed by atoms with Gasteiger partial charge in [0.25, 0.3) is 0 Å². The Kier molecular flexibility index (Phi) is 5.38. The molecule has 0 spiro atoms. The van der Waals surface area contributed by atoms with Crippen molar-refractivity contribution in [3.05, 3.63) is 35.4 Å². The van der Waals surface area contributed by atoms with Gasteiger partial charge in [0.15, 0.2) is 5.84 Å². The van der Waals surface area contributed by atoms with Gasteiger partial charge in [0, 0.05) is 24.7 Å². The third kappa shape index (κ3) is 3.71. The van der Waals surface area contributed by atoms with E-state index in [-0.39, 0.29) is 5.84 Å². The van der Waals surface area contributed by atoms with Crippen LogP contribution in [0.15, 0.2) is 29.4 Å². The highest BCUT2D eigenvalue weighted by Gasteiger charge is 2.21. The molecule has 0 radical (unpaired) electrons. The van der Waals surface area contributed by atoms with Gasteiger partial charge in [-0.05, 0) is 31.5 Å². The number of oxime groups is 1. The Bertz CT molecular complexity index is 444. The Morgan fingerprint density at radius 3 is 2.85 bits per heavy atom. The standard InChI is InChI=1S/C15H24N4O/c1-2-19-9-3-4-14(19)11-17-10-12-5-7-13(8-6-12)15(16)18-20/h5-8,14,17,20H,2-4,9-11H2,1H3,(H2,16,18). The highest BCUT2D eigenvalue weighted by molar-refractivity contribution is 5.96. The second kappa shape index (κ2) is 7.26. The summed E-state index contributed by atoms with van der Waals surface area (Å²) < 4.78 is 0. The fourth-order valence-electron chi connectivity index (χ4n) is 2.78. The topological polar surface area (TPSA) is 73.9 Å². The second-order valence-corrected chi connectivity index (χ2v) is 5.24. The van der Waals surface area contributed by atoms with E-state index >= 15 is 0 Å². The van der Waals surface area contributed by atoms with Crippen molar-refractivity contribution in [1.82, 2.24) is 10.2 Å². The first-order valence-electron chi connectivity index (χ1n) is 7.26. The molecule has 1 saturated heterocycles. The molecule has 1 heterocycles. The molecular weight excluding hydrogens is 252 g/mol. The van der Waals surface area contributed by atoms with Crippen LogP contribution in [-0.4, -0.2) is 41.6 Å². The quantitative estimate of drug-likeness (QED) is 0.317. The van der Waals surface area contributed by atoms with Gasteiger partial charge in [-0.1, -0.05) is 36.3 Å². The average Bonchev–Trinajstić information content (AvgIpc) is 2.94. The van der Waals surface area contributed by atoms with Gasteiger partial charge in [-0.3, -0.25) is 4.90 Å². The van der Waals surface area contributed by atoms with Gasteiger partial charge in [0.2, 0.25) is 0 Å². The van der Waals surface area contributed by atoms with Gasteiger partial charge in [0.05, 0.1) is 0 Å². The van der Waals surface area contributed by atoms with Crippen molar-refractivity contribution >= 4 is 5.84 Å².